The molecule has 1 N–H and O–H groups in total. The van der Waals surface area contributed by atoms with Crippen molar-refractivity contribution < 1.29 is 14.3 Å². The second-order valence-corrected chi connectivity index (χ2v) is 6.62. The summed E-state index contributed by atoms with van der Waals surface area (Å²) in [5.41, 5.74) is 1.06. The fraction of sp³-hybridized carbons (Fsp3) is 0.556. The Labute approximate surface area is 148 Å². The third-order valence-electron chi connectivity index (χ3n) is 4.30. The quantitative estimate of drug-likeness (QED) is 0.881. The molecule has 0 aliphatic carbocycles. The minimum atomic E-state index is -0.267. The largest absolute Gasteiger partial charge is 0.450 e. The number of hydrogen-bond donors (Lipinski definition) is 1. The standard InChI is InChI=1S/C18H25ClN2O3/c1-3-24-18(23)21-9-7-16(8-10-21)20-17(22)11-13(2)14-5-4-6-15(19)12-14/h4-6,12-13,16H,3,7-11H2,1-2H3,(H,20,22). The molecule has 1 aliphatic heterocycles. The van der Waals surface area contributed by atoms with Crippen molar-refractivity contribution in [3.05, 3.63) is 34.9 Å². The summed E-state index contributed by atoms with van der Waals surface area (Å²) in [6, 6.07) is 7.74. The molecule has 1 aliphatic rings. The summed E-state index contributed by atoms with van der Waals surface area (Å²) in [6.07, 6.45) is 1.68. The van der Waals surface area contributed by atoms with E-state index in [0.717, 1.165) is 18.4 Å². The van der Waals surface area contributed by atoms with E-state index in [9.17, 15) is 9.59 Å². The number of rotatable bonds is 5. The van der Waals surface area contributed by atoms with Crippen LogP contribution < -0.4 is 5.32 Å². The number of nitrogens with one attached hydrogen (secondary N) is 1. The fourth-order valence-corrected chi connectivity index (χ4v) is 3.12. The molecule has 1 unspecified atom stereocenters. The Morgan fingerprint density at radius 1 is 1.38 bits per heavy atom. The molecule has 0 aromatic heterocycles. The van der Waals surface area contributed by atoms with Crippen LogP contribution in [0.2, 0.25) is 5.02 Å². The van der Waals surface area contributed by atoms with Gasteiger partial charge in [-0.15, -0.1) is 0 Å². The van der Waals surface area contributed by atoms with Crippen molar-refractivity contribution in [1.82, 2.24) is 10.2 Å². The number of ether oxygens (including phenoxy) is 1. The van der Waals surface area contributed by atoms with E-state index < -0.39 is 0 Å². The number of hydrogen-bond acceptors (Lipinski definition) is 3. The lowest BCUT2D eigenvalue weighted by molar-refractivity contribution is -0.122. The number of halogens is 1. The lowest BCUT2D eigenvalue weighted by atomic mass is 9.97. The smallest absolute Gasteiger partial charge is 0.409 e. The van der Waals surface area contributed by atoms with Gasteiger partial charge in [-0.05, 0) is 43.4 Å². The summed E-state index contributed by atoms with van der Waals surface area (Å²) in [4.78, 5) is 25.6. The highest BCUT2D eigenvalue weighted by molar-refractivity contribution is 6.30. The first kappa shape index (κ1) is 18.6. The third kappa shape index (κ3) is 5.41. The van der Waals surface area contributed by atoms with E-state index in [1.165, 1.54) is 0 Å². The average Bonchev–Trinajstić information content (AvgIpc) is 2.55. The molecule has 0 bridgehead atoms. The molecule has 0 saturated carbocycles. The molecular formula is C18H25ClN2O3. The SMILES string of the molecule is CCOC(=O)N1CCC(NC(=O)CC(C)c2cccc(Cl)c2)CC1. The van der Waals surface area contributed by atoms with Crippen LogP contribution >= 0.6 is 11.6 Å². The fourth-order valence-electron chi connectivity index (χ4n) is 2.92. The molecule has 0 radical (unpaired) electrons. The summed E-state index contributed by atoms with van der Waals surface area (Å²) in [6.45, 7) is 5.44. The summed E-state index contributed by atoms with van der Waals surface area (Å²) >= 11 is 6.00. The number of nitrogens with zero attached hydrogens (tertiary/aromatic N) is 1. The van der Waals surface area contributed by atoms with Crippen molar-refractivity contribution >= 4 is 23.6 Å². The molecule has 2 amide bonds. The minimum absolute atomic E-state index is 0.0389. The van der Waals surface area contributed by atoms with Crippen LogP contribution in [-0.2, 0) is 9.53 Å². The second-order valence-electron chi connectivity index (χ2n) is 6.19. The number of carbonyl (C=O) groups is 2. The van der Waals surface area contributed by atoms with Gasteiger partial charge in [-0.1, -0.05) is 30.7 Å². The summed E-state index contributed by atoms with van der Waals surface area (Å²) in [7, 11) is 0. The van der Waals surface area contributed by atoms with Gasteiger partial charge < -0.3 is 15.0 Å². The molecular weight excluding hydrogens is 328 g/mol. The predicted octanol–water partition coefficient (Wildman–Crippen LogP) is 3.57. The zero-order valence-electron chi connectivity index (χ0n) is 14.3. The van der Waals surface area contributed by atoms with Crippen molar-refractivity contribution in [2.24, 2.45) is 0 Å². The summed E-state index contributed by atoms with van der Waals surface area (Å²) < 4.78 is 5.00. The van der Waals surface area contributed by atoms with Gasteiger partial charge in [0, 0.05) is 30.6 Å². The van der Waals surface area contributed by atoms with Crippen molar-refractivity contribution in [3.63, 3.8) is 0 Å². The first-order valence-corrected chi connectivity index (χ1v) is 8.84. The van der Waals surface area contributed by atoms with Gasteiger partial charge in [0.2, 0.25) is 5.91 Å². The maximum Gasteiger partial charge on any atom is 0.409 e. The van der Waals surface area contributed by atoms with Crippen LogP contribution in [0.1, 0.15) is 44.6 Å². The van der Waals surface area contributed by atoms with Crippen molar-refractivity contribution in [1.29, 1.82) is 0 Å². The van der Waals surface area contributed by atoms with Crippen LogP contribution in [0.25, 0.3) is 0 Å². The van der Waals surface area contributed by atoms with Crippen LogP contribution in [0.3, 0.4) is 0 Å². The Morgan fingerprint density at radius 2 is 2.08 bits per heavy atom. The molecule has 0 spiro atoms. The monoisotopic (exact) mass is 352 g/mol. The van der Waals surface area contributed by atoms with E-state index in [4.69, 9.17) is 16.3 Å². The third-order valence-corrected chi connectivity index (χ3v) is 4.53. The van der Waals surface area contributed by atoms with Crippen molar-refractivity contribution in [2.45, 2.75) is 45.1 Å². The molecule has 1 aromatic carbocycles. The van der Waals surface area contributed by atoms with Crippen LogP contribution in [0, 0.1) is 0 Å². The van der Waals surface area contributed by atoms with Crippen molar-refractivity contribution in [3.8, 4) is 0 Å². The lowest BCUT2D eigenvalue weighted by Crippen LogP contribution is -2.46. The Balaban J connectivity index is 1.76. The number of piperidine rings is 1. The van der Waals surface area contributed by atoms with Gasteiger partial charge in [-0.3, -0.25) is 4.79 Å². The van der Waals surface area contributed by atoms with E-state index >= 15 is 0 Å². The average molecular weight is 353 g/mol. The molecule has 1 saturated heterocycles. The highest BCUT2D eigenvalue weighted by atomic mass is 35.5. The highest BCUT2D eigenvalue weighted by Gasteiger charge is 2.25. The van der Waals surface area contributed by atoms with E-state index in [-0.39, 0.29) is 24.0 Å². The molecule has 1 fully saturated rings. The van der Waals surface area contributed by atoms with Crippen LogP contribution in [0.5, 0.6) is 0 Å². The molecule has 1 heterocycles. The predicted molar refractivity (Wildman–Crippen MR) is 94.2 cm³/mol. The normalized spacial score (nSPS) is 16.5. The Bertz CT molecular complexity index is 571. The Hall–Kier alpha value is -1.75. The van der Waals surface area contributed by atoms with Gasteiger partial charge in [0.1, 0.15) is 0 Å². The molecule has 24 heavy (non-hydrogen) atoms. The Morgan fingerprint density at radius 3 is 2.71 bits per heavy atom. The summed E-state index contributed by atoms with van der Waals surface area (Å²) in [5.74, 6) is 0.153. The van der Waals surface area contributed by atoms with E-state index in [1.54, 1.807) is 11.8 Å². The minimum Gasteiger partial charge on any atom is -0.450 e. The van der Waals surface area contributed by atoms with Gasteiger partial charge in [-0.25, -0.2) is 4.79 Å². The number of likely N-dealkylation sites (tertiary alicyclic amines) is 1. The van der Waals surface area contributed by atoms with Crippen LogP contribution in [0.4, 0.5) is 4.79 Å². The van der Waals surface area contributed by atoms with Crippen molar-refractivity contribution in [2.75, 3.05) is 19.7 Å². The maximum atomic E-state index is 12.2. The molecule has 1 atom stereocenters. The number of amides is 2. The molecule has 6 heteroatoms. The first-order chi connectivity index (χ1) is 11.5. The lowest BCUT2D eigenvalue weighted by Gasteiger charge is -2.31. The van der Waals surface area contributed by atoms with E-state index in [0.29, 0.717) is 31.1 Å². The second kappa shape index (κ2) is 8.92. The van der Waals surface area contributed by atoms with E-state index in [1.807, 2.05) is 31.2 Å². The summed E-state index contributed by atoms with van der Waals surface area (Å²) in [5, 5.41) is 3.76. The zero-order chi connectivity index (χ0) is 17.5. The van der Waals surface area contributed by atoms with E-state index in [2.05, 4.69) is 5.32 Å². The molecule has 5 nitrogen and oxygen atoms in total. The molecule has 2 rings (SSSR count). The number of benzene rings is 1. The topological polar surface area (TPSA) is 58.6 Å². The zero-order valence-corrected chi connectivity index (χ0v) is 15.0. The molecule has 1 aromatic rings. The van der Waals surface area contributed by atoms with Gasteiger partial charge in [-0.2, -0.15) is 0 Å². The van der Waals surface area contributed by atoms with Gasteiger partial charge in [0.15, 0.2) is 0 Å². The van der Waals surface area contributed by atoms with Gasteiger partial charge in [0.25, 0.3) is 0 Å². The van der Waals surface area contributed by atoms with Gasteiger partial charge >= 0.3 is 6.09 Å². The maximum absolute atomic E-state index is 12.2. The van der Waals surface area contributed by atoms with Crippen LogP contribution in [0.15, 0.2) is 24.3 Å². The number of carbonyl (C=O) groups excluding carboxylic acids is 2. The highest BCUT2D eigenvalue weighted by Crippen LogP contribution is 2.22. The van der Waals surface area contributed by atoms with Crippen LogP contribution in [-0.4, -0.2) is 42.6 Å². The molecule has 132 valence electrons. The Kier molecular flexibility index (Phi) is 6.91. The van der Waals surface area contributed by atoms with Gasteiger partial charge in [0.05, 0.1) is 6.61 Å². The first-order valence-electron chi connectivity index (χ1n) is 8.46.